The quantitative estimate of drug-likeness (QED) is 0.272. The van der Waals surface area contributed by atoms with E-state index in [1.54, 1.807) is 10.9 Å². The number of pyridine rings is 2. The van der Waals surface area contributed by atoms with Gasteiger partial charge in [0.2, 0.25) is 11.6 Å². The molecule has 0 spiro atoms. The molecule has 5 aromatic rings. The van der Waals surface area contributed by atoms with E-state index < -0.39 is 0 Å². The first-order valence-electron chi connectivity index (χ1n) is 9.38. The largest absolute Gasteiger partial charge is 1.00 e. The zero-order valence-electron chi connectivity index (χ0n) is 15.8. The predicted octanol–water partition coefficient (Wildman–Crippen LogP) is 0.0459. The van der Waals surface area contributed by atoms with E-state index in [1.165, 1.54) is 0 Å². The summed E-state index contributed by atoms with van der Waals surface area (Å²) < 4.78 is 3.95. The molecule has 0 radical (unpaired) electrons. The van der Waals surface area contributed by atoms with E-state index in [1.807, 2.05) is 60.9 Å². The van der Waals surface area contributed by atoms with Crippen molar-refractivity contribution in [2.75, 3.05) is 0 Å². The van der Waals surface area contributed by atoms with E-state index in [0.717, 1.165) is 33.6 Å². The zero-order valence-corrected chi connectivity index (χ0v) is 17.9. The van der Waals surface area contributed by atoms with Crippen LogP contribution in [-0.2, 0) is 6.54 Å². The SMILES string of the molecule is [I-].c1ccc(-c2nnc3n2N=C(c2c[nH]c4ccccc24)C[n+]2ccccc2-3)nc1. The highest BCUT2D eigenvalue weighted by Gasteiger charge is 2.29. The molecule has 4 aromatic heterocycles. The smallest absolute Gasteiger partial charge is 0.252 e. The molecule has 0 saturated heterocycles. The Bertz CT molecular complexity index is 1390. The molecule has 0 unspecified atom stereocenters. The Balaban J connectivity index is 0.00000193. The molecule has 1 aliphatic rings. The number of hydrogen-bond acceptors (Lipinski definition) is 4. The van der Waals surface area contributed by atoms with E-state index in [9.17, 15) is 0 Å². The van der Waals surface area contributed by atoms with Crippen LogP contribution in [0.3, 0.4) is 0 Å². The first-order chi connectivity index (χ1) is 14.4. The first kappa shape index (κ1) is 18.6. The van der Waals surface area contributed by atoms with Gasteiger partial charge in [-0.3, -0.25) is 4.98 Å². The summed E-state index contributed by atoms with van der Waals surface area (Å²) in [6.07, 6.45) is 5.81. The second-order valence-corrected chi connectivity index (χ2v) is 6.88. The number of H-pyrrole nitrogens is 1. The van der Waals surface area contributed by atoms with Gasteiger partial charge in [-0.2, -0.15) is 14.3 Å². The number of nitrogens with zero attached hydrogens (tertiary/aromatic N) is 6. The van der Waals surface area contributed by atoms with Crippen LogP contribution < -0.4 is 28.5 Å². The lowest BCUT2D eigenvalue weighted by Gasteiger charge is -2.03. The number of aromatic nitrogens is 6. The number of rotatable bonds is 2. The molecule has 0 aliphatic carbocycles. The Morgan fingerprint density at radius 1 is 0.900 bits per heavy atom. The van der Waals surface area contributed by atoms with Crippen molar-refractivity contribution in [1.29, 1.82) is 0 Å². The average molecular weight is 505 g/mol. The molecule has 7 nitrogen and oxygen atoms in total. The van der Waals surface area contributed by atoms with Crippen molar-refractivity contribution in [3.8, 4) is 23.0 Å². The number of benzene rings is 1. The van der Waals surface area contributed by atoms with E-state index in [4.69, 9.17) is 5.10 Å². The maximum Gasteiger partial charge on any atom is 0.252 e. The van der Waals surface area contributed by atoms with Crippen LogP contribution in [0.15, 0.2) is 84.4 Å². The second-order valence-electron chi connectivity index (χ2n) is 6.88. The maximum absolute atomic E-state index is 5.01. The normalized spacial score (nSPS) is 12.5. The zero-order chi connectivity index (χ0) is 19.2. The number of halogens is 1. The molecule has 0 atom stereocenters. The lowest BCUT2D eigenvalue weighted by Crippen LogP contribution is -3.00. The summed E-state index contributed by atoms with van der Waals surface area (Å²) in [6, 6.07) is 20.0. The highest BCUT2D eigenvalue weighted by molar-refractivity contribution is 6.10. The molecule has 0 bridgehead atoms. The highest BCUT2D eigenvalue weighted by Crippen LogP contribution is 2.25. The van der Waals surface area contributed by atoms with Crippen LogP contribution in [0, 0.1) is 0 Å². The molecule has 8 heteroatoms. The summed E-state index contributed by atoms with van der Waals surface area (Å²) in [4.78, 5) is 7.80. The van der Waals surface area contributed by atoms with Gasteiger partial charge in [-0.25, -0.2) is 0 Å². The third-order valence-electron chi connectivity index (χ3n) is 5.15. The van der Waals surface area contributed by atoms with Crippen molar-refractivity contribution in [3.63, 3.8) is 0 Å². The van der Waals surface area contributed by atoms with Gasteiger partial charge < -0.3 is 29.0 Å². The van der Waals surface area contributed by atoms with Crippen LogP contribution in [0.25, 0.3) is 33.9 Å². The number of para-hydroxylation sites is 1. The molecule has 1 aliphatic heterocycles. The Kier molecular flexibility index (Phi) is 4.62. The number of nitrogens with one attached hydrogen (secondary N) is 1. The third-order valence-corrected chi connectivity index (χ3v) is 5.15. The van der Waals surface area contributed by atoms with Gasteiger partial charge in [0.1, 0.15) is 11.4 Å². The predicted molar refractivity (Wildman–Crippen MR) is 109 cm³/mol. The van der Waals surface area contributed by atoms with Crippen molar-refractivity contribution < 1.29 is 28.5 Å². The molecule has 5 heterocycles. The summed E-state index contributed by atoms with van der Waals surface area (Å²) in [5.41, 5.74) is 4.77. The number of hydrogen-bond donors (Lipinski definition) is 1. The lowest BCUT2D eigenvalue weighted by molar-refractivity contribution is -0.670. The molecular formula is C22H16IN7. The average Bonchev–Trinajstić information content (AvgIpc) is 3.35. The van der Waals surface area contributed by atoms with Gasteiger partial charge in [-0.1, -0.05) is 24.3 Å². The van der Waals surface area contributed by atoms with Crippen LogP contribution >= 0.6 is 0 Å². The van der Waals surface area contributed by atoms with E-state index in [2.05, 4.69) is 36.9 Å². The van der Waals surface area contributed by atoms with Crippen molar-refractivity contribution >= 4 is 16.6 Å². The maximum atomic E-state index is 5.01. The van der Waals surface area contributed by atoms with Crippen molar-refractivity contribution in [3.05, 3.63) is 84.8 Å². The van der Waals surface area contributed by atoms with E-state index >= 15 is 0 Å². The van der Waals surface area contributed by atoms with Gasteiger partial charge in [0, 0.05) is 41.0 Å². The Morgan fingerprint density at radius 2 is 1.73 bits per heavy atom. The summed E-state index contributed by atoms with van der Waals surface area (Å²) >= 11 is 0. The van der Waals surface area contributed by atoms with Gasteiger partial charge >= 0.3 is 0 Å². The van der Waals surface area contributed by atoms with Crippen LogP contribution in [0.5, 0.6) is 0 Å². The minimum absolute atomic E-state index is 0. The molecule has 0 fully saturated rings. The van der Waals surface area contributed by atoms with Crippen molar-refractivity contribution in [1.82, 2.24) is 24.8 Å². The molecular weight excluding hydrogens is 489 g/mol. The van der Waals surface area contributed by atoms with E-state index in [0.29, 0.717) is 18.2 Å². The van der Waals surface area contributed by atoms with Gasteiger partial charge in [0.25, 0.3) is 5.69 Å². The van der Waals surface area contributed by atoms with Gasteiger partial charge in [0.15, 0.2) is 12.7 Å². The van der Waals surface area contributed by atoms with E-state index in [-0.39, 0.29) is 24.0 Å². The fourth-order valence-electron chi connectivity index (χ4n) is 3.77. The Hall–Kier alpha value is -3.40. The van der Waals surface area contributed by atoms with Gasteiger partial charge in [-0.05, 0) is 24.3 Å². The summed E-state index contributed by atoms with van der Waals surface area (Å²) in [5, 5.41) is 15.0. The van der Waals surface area contributed by atoms with Crippen LogP contribution in [0.1, 0.15) is 5.56 Å². The topological polar surface area (TPSA) is 75.6 Å². The highest BCUT2D eigenvalue weighted by atomic mass is 127. The molecule has 30 heavy (non-hydrogen) atoms. The summed E-state index contributed by atoms with van der Waals surface area (Å²) in [7, 11) is 0. The Morgan fingerprint density at radius 3 is 2.63 bits per heavy atom. The molecule has 1 N–H and O–H groups in total. The van der Waals surface area contributed by atoms with Gasteiger partial charge in [0.05, 0.1) is 0 Å². The summed E-state index contributed by atoms with van der Waals surface area (Å²) in [5.74, 6) is 1.32. The van der Waals surface area contributed by atoms with Crippen molar-refractivity contribution in [2.45, 2.75) is 6.54 Å². The summed E-state index contributed by atoms with van der Waals surface area (Å²) in [6.45, 7) is 0.628. The van der Waals surface area contributed by atoms with Gasteiger partial charge in [-0.15, -0.1) is 10.2 Å². The Labute approximate surface area is 189 Å². The van der Waals surface area contributed by atoms with Crippen LogP contribution in [-0.4, -0.2) is 30.6 Å². The number of fused-ring (bicyclic) bond motifs is 4. The fourth-order valence-corrected chi connectivity index (χ4v) is 3.77. The second kappa shape index (κ2) is 7.45. The molecule has 1 aromatic carbocycles. The third kappa shape index (κ3) is 2.91. The molecule has 146 valence electrons. The minimum Gasteiger partial charge on any atom is -1.00 e. The number of aromatic amines is 1. The molecule has 0 saturated carbocycles. The molecule has 6 rings (SSSR count). The van der Waals surface area contributed by atoms with Crippen molar-refractivity contribution in [2.24, 2.45) is 5.10 Å². The van der Waals surface area contributed by atoms with Crippen LogP contribution in [0.4, 0.5) is 0 Å². The standard InChI is InChI=1S/C22H16N7.HI/c1-2-8-17-15(7-1)16(13-24-17)19-14-28-12-6-4-10-20(28)22-26-25-21(29(22)27-19)18-9-3-5-11-23-18;/h1-13,24H,14H2;1H/q+1;/p-1. The minimum atomic E-state index is 0. The van der Waals surface area contributed by atoms with Crippen LogP contribution in [0.2, 0.25) is 0 Å². The lowest BCUT2D eigenvalue weighted by atomic mass is 10.1. The molecule has 0 amide bonds. The fraction of sp³-hybridized carbons (Fsp3) is 0.0455. The monoisotopic (exact) mass is 505 g/mol. The first-order valence-corrected chi connectivity index (χ1v) is 9.38.